The Labute approximate surface area is 101 Å². The summed E-state index contributed by atoms with van der Waals surface area (Å²) in [6, 6.07) is 3.74. The summed E-state index contributed by atoms with van der Waals surface area (Å²) < 4.78 is 0. The van der Waals surface area contributed by atoms with Crippen LogP contribution in [0.1, 0.15) is 11.7 Å². The number of dihydropyridines is 1. The van der Waals surface area contributed by atoms with Gasteiger partial charge < -0.3 is 16.8 Å². The average Bonchev–Trinajstić information content (AvgIpc) is 2.40. The summed E-state index contributed by atoms with van der Waals surface area (Å²) in [5.74, 6) is 0. The van der Waals surface area contributed by atoms with Gasteiger partial charge in [0.15, 0.2) is 0 Å². The summed E-state index contributed by atoms with van der Waals surface area (Å²) in [4.78, 5) is 3.95. The maximum atomic E-state index is 6.03. The minimum absolute atomic E-state index is 0.267. The van der Waals surface area contributed by atoms with E-state index in [1.54, 1.807) is 12.4 Å². The minimum atomic E-state index is -0.294. The third-order valence-electron chi connectivity index (χ3n) is 2.63. The lowest BCUT2D eigenvalue weighted by Gasteiger charge is -2.22. The fraction of sp³-hybridized carbons (Fsp3) is 0.250. The van der Waals surface area contributed by atoms with Gasteiger partial charge in [0.2, 0.25) is 0 Å². The fourth-order valence-corrected chi connectivity index (χ4v) is 1.66. The number of hydrogen-bond donors (Lipinski definition) is 4. The van der Waals surface area contributed by atoms with Gasteiger partial charge in [0.05, 0.1) is 12.3 Å². The maximum absolute atomic E-state index is 6.03. The third-order valence-corrected chi connectivity index (χ3v) is 2.63. The quantitative estimate of drug-likeness (QED) is 0.546. The molecule has 90 valence electrons. The number of hydrogen-bond acceptors (Lipinski definition) is 5. The van der Waals surface area contributed by atoms with Gasteiger partial charge in [0, 0.05) is 18.9 Å². The second kappa shape index (κ2) is 5.58. The van der Waals surface area contributed by atoms with Crippen molar-refractivity contribution in [3.63, 3.8) is 0 Å². The second-order valence-corrected chi connectivity index (χ2v) is 3.85. The van der Waals surface area contributed by atoms with E-state index in [4.69, 9.17) is 11.5 Å². The zero-order chi connectivity index (χ0) is 12.1. The van der Waals surface area contributed by atoms with E-state index in [1.807, 2.05) is 30.5 Å². The van der Waals surface area contributed by atoms with Crippen LogP contribution >= 0.6 is 0 Å². The first kappa shape index (κ1) is 11.8. The molecule has 0 amide bonds. The van der Waals surface area contributed by atoms with Crippen molar-refractivity contribution < 1.29 is 0 Å². The number of nitrogens with zero attached hydrogens (tertiary/aromatic N) is 1. The van der Waals surface area contributed by atoms with Gasteiger partial charge in [-0.25, -0.2) is 0 Å². The van der Waals surface area contributed by atoms with Crippen LogP contribution in [-0.2, 0) is 0 Å². The molecule has 0 saturated carbocycles. The number of nitrogens with two attached hydrogens (primary N) is 2. The topological polar surface area (TPSA) is 89.0 Å². The lowest BCUT2D eigenvalue weighted by molar-refractivity contribution is 0.493. The number of nitrogens with one attached hydrogen (secondary N) is 2. The fourth-order valence-electron chi connectivity index (χ4n) is 1.66. The molecule has 0 fully saturated rings. The molecule has 0 aliphatic carbocycles. The van der Waals surface area contributed by atoms with Crippen LogP contribution in [-0.4, -0.2) is 17.7 Å². The van der Waals surface area contributed by atoms with Crippen molar-refractivity contribution in [2.24, 2.45) is 11.5 Å². The molecule has 5 heteroatoms. The summed E-state index contributed by atoms with van der Waals surface area (Å²) in [6.45, 7) is 0.797. The average molecular weight is 231 g/mol. The molecule has 5 nitrogen and oxygen atoms in total. The van der Waals surface area contributed by atoms with Crippen LogP contribution in [0.4, 0.5) is 0 Å². The highest BCUT2D eigenvalue weighted by molar-refractivity contribution is 5.27. The minimum Gasteiger partial charge on any atom is -0.387 e. The molecule has 0 saturated heterocycles. The van der Waals surface area contributed by atoms with Crippen molar-refractivity contribution in [1.29, 1.82) is 0 Å². The standard InChI is InChI=1S/C12H17N5/c13-11(9-1-5-15-6-2-9)17-12(14)10-3-7-16-8-4-10/h1-7,11-12,16-17H,8,13-14H2. The summed E-state index contributed by atoms with van der Waals surface area (Å²) in [5, 5.41) is 6.22. The zero-order valence-corrected chi connectivity index (χ0v) is 9.51. The Hall–Kier alpha value is -1.69. The van der Waals surface area contributed by atoms with E-state index in [0.29, 0.717) is 0 Å². The van der Waals surface area contributed by atoms with Crippen LogP contribution in [0.5, 0.6) is 0 Å². The van der Waals surface area contributed by atoms with E-state index >= 15 is 0 Å². The second-order valence-electron chi connectivity index (χ2n) is 3.85. The molecule has 1 aliphatic heterocycles. The first-order chi connectivity index (χ1) is 8.27. The molecule has 6 N–H and O–H groups in total. The van der Waals surface area contributed by atoms with Crippen molar-refractivity contribution >= 4 is 0 Å². The van der Waals surface area contributed by atoms with E-state index < -0.39 is 0 Å². The van der Waals surface area contributed by atoms with Gasteiger partial charge in [0.1, 0.15) is 0 Å². The maximum Gasteiger partial charge on any atom is 0.0825 e. The molecule has 1 aromatic heterocycles. The van der Waals surface area contributed by atoms with Gasteiger partial charge in [-0.15, -0.1) is 0 Å². The molecule has 0 radical (unpaired) electrons. The van der Waals surface area contributed by atoms with Crippen LogP contribution in [0.3, 0.4) is 0 Å². The van der Waals surface area contributed by atoms with Crippen LogP contribution in [0, 0.1) is 0 Å². The van der Waals surface area contributed by atoms with E-state index in [1.165, 1.54) is 0 Å². The molecule has 17 heavy (non-hydrogen) atoms. The van der Waals surface area contributed by atoms with Crippen molar-refractivity contribution in [1.82, 2.24) is 15.6 Å². The van der Waals surface area contributed by atoms with E-state index in [0.717, 1.165) is 17.7 Å². The molecule has 0 bridgehead atoms. The van der Waals surface area contributed by atoms with Gasteiger partial charge in [-0.05, 0) is 35.5 Å². The summed E-state index contributed by atoms with van der Waals surface area (Å²) in [5.41, 5.74) is 14.1. The predicted octanol–water partition coefficient (Wildman–Crippen LogP) is -0.0434. The largest absolute Gasteiger partial charge is 0.387 e. The van der Waals surface area contributed by atoms with Crippen molar-refractivity contribution in [2.75, 3.05) is 6.54 Å². The molecule has 2 unspecified atom stereocenters. The van der Waals surface area contributed by atoms with Crippen LogP contribution in [0.15, 0.2) is 48.5 Å². The Bertz CT molecular complexity index is 412. The molecule has 1 aromatic rings. The van der Waals surface area contributed by atoms with Crippen molar-refractivity contribution in [3.8, 4) is 0 Å². The van der Waals surface area contributed by atoms with E-state index in [2.05, 4.69) is 15.6 Å². The first-order valence-corrected chi connectivity index (χ1v) is 5.54. The lowest BCUT2D eigenvalue weighted by atomic mass is 10.1. The molecule has 2 rings (SSSR count). The highest BCUT2D eigenvalue weighted by Gasteiger charge is 2.12. The van der Waals surface area contributed by atoms with Crippen molar-refractivity contribution in [3.05, 3.63) is 54.0 Å². The normalized spacial score (nSPS) is 18.1. The number of pyridine rings is 1. The monoisotopic (exact) mass is 231 g/mol. The molecule has 2 atom stereocenters. The zero-order valence-electron chi connectivity index (χ0n) is 9.51. The molecule has 1 aliphatic rings. The van der Waals surface area contributed by atoms with Gasteiger partial charge in [-0.1, -0.05) is 6.08 Å². The van der Waals surface area contributed by atoms with Gasteiger partial charge in [0.25, 0.3) is 0 Å². The van der Waals surface area contributed by atoms with Crippen molar-refractivity contribution in [2.45, 2.75) is 12.3 Å². The Morgan fingerprint density at radius 2 is 2.00 bits per heavy atom. The van der Waals surface area contributed by atoms with E-state index in [-0.39, 0.29) is 12.3 Å². The van der Waals surface area contributed by atoms with Crippen LogP contribution in [0.25, 0.3) is 0 Å². The number of rotatable bonds is 4. The smallest absolute Gasteiger partial charge is 0.0825 e. The number of aromatic nitrogens is 1. The summed E-state index contributed by atoms with van der Waals surface area (Å²) in [6.07, 6.45) is 8.73. The summed E-state index contributed by atoms with van der Waals surface area (Å²) in [7, 11) is 0. The Kier molecular flexibility index (Phi) is 3.87. The van der Waals surface area contributed by atoms with Crippen LogP contribution in [0.2, 0.25) is 0 Å². The Morgan fingerprint density at radius 3 is 2.65 bits per heavy atom. The SMILES string of the molecule is NC(NC(N)c1ccncc1)C1=CCNC=C1. The molecular weight excluding hydrogens is 214 g/mol. The molecular formula is C12H17N5. The third kappa shape index (κ3) is 3.13. The molecule has 2 heterocycles. The predicted molar refractivity (Wildman–Crippen MR) is 67.5 cm³/mol. The van der Waals surface area contributed by atoms with E-state index in [9.17, 15) is 0 Å². The lowest BCUT2D eigenvalue weighted by Crippen LogP contribution is -2.44. The van der Waals surface area contributed by atoms with Crippen LogP contribution < -0.4 is 22.1 Å². The van der Waals surface area contributed by atoms with Gasteiger partial charge >= 0.3 is 0 Å². The first-order valence-electron chi connectivity index (χ1n) is 5.54. The Balaban J connectivity index is 1.97. The summed E-state index contributed by atoms with van der Waals surface area (Å²) >= 11 is 0. The molecule has 0 spiro atoms. The molecule has 0 aromatic carbocycles. The highest BCUT2D eigenvalue weighted by atomic mass is 15.1. The highest BCUT2D eigenvalue weighted by Crippen LogP contribution is 2.09. The van der Waals surface area contributed by atoms with Gasteiger partial charge in [-0.3, -0.25) is 10.3 Å². The van der Waals surface area contributed by atoms with Gasteiger partial charge in [-0.2, -0.15) is 0 Å². The Morgan fingerprint density at radius 1 is 1.24 bits per heavy atom.